The van der Waals surface area contributed by atoms with Crippen molar-refractivity contribution in [1.82, 2.24) is 4.90 Å². The van der Waals surface area contributed by atoms with Gasteiger partial charge in [-0.25, -0.2) is 4.79 Å². The van der Waals surface area contributed by atoms with Gasteiger partial charge in [0.05, 0.1) is 10.7 Å². The number of unbranched alkanes of at least 4 members (excludes halogenated alkanes) is 1. The number of nitrogens with zero attached hydrogens (tertiary/aromatic N) is 1. The standard InChI is InChI=1S/C17H25ClN2O2/c1-3-4-10-20-11-6-8-14(12-20)22-17(21)19-16-13(2)7-5-9-15(16)18/h5,7,9,14H,3-4,6,8,10-12H2,1-2H3,(H,19,21)/t14-/m1/s1. The Hall–Kier alpha value is -1.26. The number of aryl methyl sites for hydroxylation is 1. The van der Waals surface area contributed by atoms with Crippen LogP contribution in [0.15, 0.2) is 18.2 Å². The maximum absolute atomic E-state index is 12.1. The maximum Gasteiger partial charge on any atom is 0.411 e. The summed E-state index contributed by atoms with van der Waals surface area (Å²) in [7, 11) is 0. The third kappa shape index (κ3) is 4.89. The molecule has 1 aliphatic rings. The summed E-state index contributed by atoms with van der Waals surface area (Å²) in [6.45, 7) is 7.12. The number of benzene rings is 1. The van der Waals surface area contributed by atoms with Gasteiger partial charge >= 0.3 is 6.09 Å². The molecule has 0 aliphatic carbocycles. The lowest BCUT2D eigenvalue weighted by Crippen LogP contribution is -2.41. The molecule has 1 saturated heterocycles. The van der Waals surface area contributed by atoms with Crippen molar-refractivity contribution in [1.29, 1.82) is 0 Å². The van der Waals surface area contributed by atoms with Crippen LogP contribution in [0.2, 0.25) is 5.02 Å². The SMILES string of the molecule is CCCCN1CCC[C@@H](OC(=O)Nc2c(C)cccc2Cl)C1. The van der Waals surface area contributed by atoms with E-state index in [-0.39, 0.29) is 6.10 Å². The smallest absolute Gasteiger partial charge is 0.411 e. The lowest BCUT2D eigenvalue weighted by molar-refractivity contribution is 0.0495. The summed E-state index contributed by atoms with van der Waals surface area (Å²) >= 11 is 6.12. The number of likely N-dealkylation sites (tertiary alicyclic amines) is 1. The Morgan fingerprint density at radius 2 is 2.32 bits per heavy atom. The van der Waals surface area contributed by atoms with Gasteiger partial charge in [-0.15, -0.1) is 0 Å². The second-order valence-corrected chi connectivity index (χ2v) is 6.29. The molecule has 1 atom stereocenters. The van der Waals surface area contributed by atoms with Crippen LogP contribution in [0.4, 0.5) is 10.5 Å². The Kier molecular flexibility index (Phi) is 6.52. The fourth-order valence-electron chi connectivity index (χ4n) is 2.77. The third-order valence-electron chi connectivity index (χ3n) is 4.01. The molecule has 122 valence electrons. The number of carbonyl (C=O) groups excluding carboxylic acids is 1. The van der Waals surface area contributed by atoms with E-state index in [4.69, 9.17) is 16.3 Å². The van der Waals surface area contributed by atoms with Crippen molar-refractivity contribution in [3.05, 3.63) is 28.8 Å². The molecule has 0 spiro atoms. The van der Waals surface area contributed by atoms with Crippen LogP contribution < -0.4 is 5.32 Å². The van der Waals surface area contributed by atoms with Crippen LogP contribution >= 0.6 is 11.6 Å². The van der Waals surface area contributed by atoms with E-state index in [9.17, 15) is 4.79 Å². The molecule has 22 heavy (non-hydrogen) atoms. The van der Waals surface area contributed by atoms with Crippen molar-refractivity contribution in [2.75, 3.05) is 25.0 Å². The number of carbonyl (C=O) groups is 1. The lowest BCUT2D eigenvalue weighted by Gasteiger charge is -2.32. The van der Waals surface area contributed by atoms with Crippen molar-refractivity contribution in [2.24, 2.45) is 0 Å². The van der Waals surface area contributed by atoms with E-state index < -0.39 is 6.09 Å². The summed E-state index contributed by atoms with van der Waals surface area (Å²) in [6.07, 6.45) is 3.93. The van der Waals surface area contributed by atoms with Crippen LogP contribution in [0.5, 0.6) is 0 Å². The van der Waals surface area contributed by atoms with Gasteiger partial charge in [-0.05, 0) is 50.9 Å². The normalized spacial score (nSPS) is 19.0. The fraction of sp³-hybridized carbons (Fsp3) is 0.588. The van der Waals surface area contributed by atoms with E-state index in [1.54, 1.807) is 6.07 Å². The van der Waals surface area contributed by atoms with E-state index in [0.717, 1.165) is 38.0 Å². The van der Waals surface area contributed by atoms with Crippen molar-refractivity contribution in [3.8, 4) is 0 Å². The molecule has 0 aromatic heterocycles. The van der Waals surface area contributed by atoms with Gasteiger partial charge in [0.2, 0.25) is 0 Å². The molecule has 1 heterocycles. The van der Waals surface area contributed by atoms with Crippen molar-refractivity contribution >= 4 is 23.4 Å². The largest absolute Gasteiger partial charge is 0.445 e. The van der Waals surface area contributed by atoms with Crippen molar-refractivity contribution < 1.29 is 9.53 Å². The molecular weight excluding hydrogens is 300 g/mol. The Labute approximate surface area is 137 Å². The first-order valence-corrected chi connectivity index (χ1v) is 8.43. The summed E-state index contributed by atoms with van der Waals surface area (Å²) < 4.78 is 5.57. The number of halogens is 1. The summed E-state index contributed by atoms with van der Waals surface area (Å²) in [5.41, 5.74) is 1.56. The topological polar surface area (TPSA) is 41.6 Å². The van der Waals surface area contributed by atoms with Gasteiger partial charge in [0, 0.05) is 6.54 Å². The third-order valence-corrected chi connectivity index (χ3v) is 4.33. The molecule has 0 saturated carbocycles. The molecule has 5 heteroatoms. The molecule has 0 unspecified atom stereocenters. The minimum Gasteiger partial charge on any atom is -0.445 e. The fourth-order valence-corrected chi connectivity index (χ4v) is 3.04. The van der Waals surface area contributed by atoms with Crippen molar-refractivity contribution in [3.63, 3.8) is 0 Å². The minimum atomic E-state index is -0.418. The van der Waals surface area contributed by atoms with Crippen LogP contribution in [0.3, 0.4) is 0 Å². The maximum atomic E-state index is 12.1. The van der Waals surface area contributed by atoms with Gasteiger partial charge in [-0.3, -0.25) is 10.2 Å². The highest BCUT2D eigenvalue weighted by molar-refractivity contribution is 6.33. The Morgan fingerprint density at radius 3 is 3.05 bits per heavy atom. The number of amides is 1. The summed E-state index contributed by atoms with van der Waals surface area (Å²) in [6, 6.07) is 5.53. The molecule has 1 aliphatic heterocycles. The van der Waals surface area contributed by atoms with E-state index in [0.29, 0.717) is 10.7 Å². The number of hydrogen-bond acceptors (Lipinski definition) is 3. The molecular formula is C17H25ClN2O2. The van der Waals surface area contributed by atoms with E-state index >= 15 is 0 Å². The van der Waals surface area contributed by atoms with Gasteiger partial charge in [-0.2, -0.15) is 0 Å². The van der Waals surface area contributed by atoms with E-state index in [2.05, 4.69) is 17.1 Å². The number of rotatable bonds is 5. The number of para-hydroxylation sites is 1. The second-order valence-electron chi connectivity index (χ2n) is 5.88. The summed E-state index contributed by atoms with van der Waals surface area (Å²) in [5, 5.41) is 3.30. The number of hydrogen-bond donors (Lipinski definition) is 1. The molecule has 2 rings (SSSR count). The Bertz CT molecular complexity index is 487. The molecule has 4 nitrogen and oxygen atoms in total. The van der Waals surface area contributed by atoms with Crippen LogP contribution in [-0.2, 0) is 4.74 Å². The molecule has 1 aromatic rings. The lowest BCUT2D eigenvalue weighted by atomic mass is 10.1. The summed E-state index contributed by atoms with van der Waals surface area (Å²) in [4.78, 5) is 14.5. The average molecular weight is 325 g/mol. The molecule has 0 radical (unpaired) electrons. The number of nitrogens with one attached hydrogen (secondary N) is 1. The van der Waals surface area contributed by atoms with Crippen LogP contribution in [0, 0.1) is 6.92 Å². The van der Waals surface area contributed by atoms with Gasteiger partial charge in [-0.1, -0.05) is 37.1 Å². The van der Waals surface area contributed by atoms with Crippen LogP contribution in [-0.4, -0.2) is 36.7 Å². The molecule has 1 amide bonds. The monoisotopic (exact) mass is 324 g/mol. The van der Waals surface area contributed by atoms with Gasteiger partial charge in [0.1, 0.15) is 6.10 Å². The van der Waals surface area contributed by atoms with Gasteiger partial charge in [0.25, 0.3) is 0 Å². The van der Waals surface area contributed by atoms with E-state index in [1.165, 1.54) is 12.8 Å². The van der Waals surface area contributed by atoms with Crippen molar-refractivity contribution in [2.45, 2.75) is 45.6 Å². The Balaban J connectivity index is 1.86. The van der Waals surface area contributed by atoms with Gasteiger partial charge in [0.15, 0.2) is 0 Å². The zero-order chi connectivity index (χ0) is 15.9. The number of ether oxygens (including phenoxy) is 1. The second kappa shape index (κ2) is 8.39. The van der Waals surface area contributed by atoms with Gasteiger partial charge < -0.3 is 4.74 Å². The van der Waals surface area contributed by atoms with Crippen LogP contribution in [0.25, 0.3) is 0 Å². The first-order chi connectivity index (χ1) is 10.6. The number of anilines is 1. The highest BCUT2D eigenvalue weighted by Crippen LogP contribution is 2.25. The summed E-state index contributed by atoms with van der Waals surface area (Å²) in [5.74, 6) is 0. The quantitative estimate of drug-likeness (QED) is 0.869. The highest BCUT2D eigenvalue weighted by Gasteiger charge is 2.23. The molecule has 1 fully saturated rings. The van der Waals surface area contributed by atoms with E-state index in [1.807, 2.05) is 19.1 Å². The Morgan fingerprint density at radius 1 is 1.50 bits per heavy atom. The zero-order valence-corrected chi connectivity index (χ0v) is 14.2. The predicted molar refractivity (Wildman–Crippen MR) is 90.7 cm³/mol. The molecule has 0 bridgehead atoms. The molecule has 1 aromatic carbocycles. The van der Waals surface area contributed by atoms with Crippen LogP contribution in [0.1, 0.15) is 38.2 Å². The predicted octanol–water partition coefficient (Wildman–Crippen LogP) is 4.46. The zero-order valence-electron chi connectivity index (χ0n) is 13.4. The average Bonchev–Trinajstić information content (AvgIpc) is 2.49. The molecule has 1 N–H and O–H groups in total. The highest BCUT2D eigenvalue weighted by atomic mass is 35.5. The number of piperidine rings is 1. The first kappa shape index (κ1) is 17.1. The minimum absolute atomic E-state index is 0.0339. The first-order valence-electron chi connectivity index (χ1n) is 8.05.